The van der Waals surface area contributed by atoms with Crippen molar-refractivity contribution in [1.82, 2.24) is 4.98 Å². The van der Waals surface area contributed by atoms with Crippen LogP contribution in [-0.2, 0) is 4.74 Å². The molecular formula is C54H65N3O9. The normalized spacial score (nSPS) is 11.5. The topological polar surface area (TPSA) is 180 Å². The lowest BCUT2D eigenvalue weighted by Gasteiger charge is -2.14. The van der Waals surface area contributed by atoms with Crippen molar-refractivity contribution in [3.63, 3.8) is 0 Å². The average molecular weight is 901 g/mol. The molecule has 66 heavy (non-hydrogen) atoms. The van der Waals surface area contributed by atoms with Gasteiger partial charge in [0.15, 0.2) is 5.58 Å². The zero-order valence-corrected chi connectivity index (χ0v) is 40.0. The summed E-state index contributed by atoms with van der Waals surface area (Å²) in [6.45, 7) is 24.0. The first kappa shape index (κ1) is 56.2. The minimum atomic E-state index is -0.993. The highest BCUT2D eigenvalue weighted by molar-refractivity contribution is 6.34. The van der Waals surface area contributed by atoms with Gasteiger partial charge in [-0.1, -0.05) is 156 Å². The molecule has 350 valence electrons. The third kappa shape index (κ3) is 14.1. The van der Waals surface area contributed by atoms with E-state index in [4.69, 9.17) is 14.3 Å². The van der Waals surface area contributed by atoms with Crippen LogP contribution in [0.3, 0.4) is 0 Å². The fourth-order valence-corrected chi connectivity index (χ4v) is 5.70. The molecule has 9 rings (SSSR count). The first-order chi connectivity index (χ1) is 32.2. The van der Waals surface area contributed by atoms with Gasteiger partial charge < -0.3 is 24.5 Å². The zero-order chi connectivity index (χ0) is 49.8. The smallest absolute Gasteiger partial charge is 0.345 e. The number of cyclic esters (lactones) is 1. The second-order valence-corrected chi connectivity index (χ2v) is 11.7. The lowest BCUT2D eigenvalue weighted by Crippen LogP contribution is -2.29. The van der Waals surface area contributed by atoms with Crippen LogP contribution in [0.1, 0.15) is 132 Å². The van der Waals surface area contributed by atoms with Crippen LogP contribution in [-0.4, -0.2) is 50.0 Å². The first-order valence-electron chi connectivity index (χ1n) is 22.3. The fourth-order valence-electron chi connectivity index (χ4n) is 5.70. The van der Waals surface area contributed by atoms with Gasteiger partial charge in [0.05, 0.1) is 39.1 Å². The van der Waals surface area contributed by atoms with Gasteiger partial charge in [-0.05, 0) is 72.8 Å². The fraction of sp³-hybridized carbons (Fsp3) is 0.222. The van der Waals surface area contributed by atoms with Crippen LogP contribution in [0.15, 0.2) is 155 Å². The number of aromatic nitrogens is 1. The van der Waals surface area contributed by atoms with Crippen LogP contribution in [0.25, 0.3) is 22.6 Å². The van der Waals surface area contributed by atoms with E-state index in [2.05, 4.69) is 9.98 Å². The maximum atomic E-state index is 12.2. The molecule has 1 aromatic heterocycles. The minimum absolute atomic E-state index is 0. The number of hydrogen-bond acceptors (Lipinski definition) is 10. The molecular weight excluding hydrogens is 835 g/mol. The number of imide groups is 1. The lowest BCUT2D eigenvalue weighted by molar-refractivity contribution is 0.0694. The summed E-state index contributed by atoms with van der Waals surface area (Å²) in [5.74, 6) is -1.72. The molecule has 0 atom stereocenters. The van der Waals surface area contributed by atoms with Crippen LogP contribution in [0.4, 0.5) is 11.4 Å². The van der Waals surface area contributed by atoms with Crippen molar-refractivity contribution in [1.29, 1.82) is 0 Å². The van der Waals surface area contributed by atoms with Crippen LogP contribution in [0.2, 0.25) is 0 Å². The third-order valence-electron chi connectivity index (χ3n) is 8.27. The van der Waals surface area contributed by atoms with Gasteiger partial charge in [0, 0.05) is 1.43 Å². The third-order valence-corrected chi connectivity index (χ3v) is 8.27. The number of phenols is 2. The van der Waals surface area contributed by atoms with Crippen molar-refractivity contribution in [3.05, 3.63) is 173 Å². The molecule has 0 spiro atoms. The molecule has 0 saturated heterocycles. The largest absolute Gasteiger partial charge is 0.506 e. The highest BCUT2D eigenvalue weighted by atomic mass is 16.5. The molecule has 12 heteroatoms. The van der Waals surface area contributed by atoms with Gasteiger partial charge in [-0.2, -0.15) is 0 Å². The van der Waals surface area contributed by atoms with E-state index in [0.717, 1.165) is 4.90 Å². The summed E-state index contributed by atoms with van der Waals surface area (Å²) in [5.41, 5.74) is 4.49. The molecule has 0 aliphatic carbocycles. The molecule has 3 heterocycles. The number of esters is 1. The number of para-hydroxylation sites is 6. The molecule has 0 unspecified atom stereocenters. The number of carbonyl (C=O) groups excluding carboxylic acids is 3. The number of carboxylic acids is 1. The SMILES string of the molecule is CC.CC.CC.CC.CC.CC.O=C(O)c1ccccc1-c1nc2ccccc2o1.O=C1OC(=Nc2ccccc2O)c2ccccc21.O=C1c2ccccc2C(=O)N1c1ccccc1O.[2HH]. The number of amides is 2. The van der Waals surface area contributed by atoms with Gasteiger partial charge >= 0.3 is 11.9 Å². The van der Waals surface area contributed by atoms with Crippen molar-refractivity contribution in [2.24, 2.45) is 4.99 Å². The Hall–Kier alpha value is -7.86. The summed E-state index contributed by atoms with van der Waals surface area (Å²) >= 11 is 0. The van der Waals surface area contributed by atoms with Crippen LogP contribution < -0.4 is 4.90 Å². The maximum absolute atomic E-state index is 12.2. The summed E-state index contributed by atoms with van der Waals surface area (Å²) in [4.78, 5) is 56.5. The number of aliphatic imine (C=N–C) groups is 1. The number of carbonyl (C=O) groups is 4. The lowest BCUT2D eigenvalue weighted by atomic mass is 10.1. The number of oxazole rings is 1. The van der Waals surface area contributed by atoms with Crippen molar-refractivity contribution < 1.29 is 45.1 Å². The quantitative estimate of drug-likeness (QED) is 0.114. The van der Waals surface area contributed by atoms with Gasteiger partial charge in [-0.3, -0.25) is 9.59 Å². The number of aromatic hydroxyl groups is 2. The van der Waals surface area contributed by atoms with E-state index in [1.54, 1.807) is 103 Å². The summed E-state index contributed by atoms with van der Waals surface area (Å²) in [5, 5.41) is 28.5. The van der Waals surface area contributed by atoms with Crippen molar-refractivity contribution >= 4 is 52.1 Å². The van der Waals surface area contributed by atoms with Crippen molar-refractivity contribution in [2.45, 2.75) is 83.1 Å². The van der Waals surface area contributed by atoms with Crippen LogP contribution in [0.5, 0.6) is 11.5 Å². The molecule has 7 aromatic rings. The Morgan fingerprint density at radius 2 is 0.970 bits per heavy atom. The molecule has 2 amide bonds. The zero-order valence-electron chi connectivity index (χ0n) is 40.0. The van der Waals surface area contributed by atoms with Gasteiger partial charge in [0.1, 0.15) is 22.7 Å². The summed E-state index contributed by atoms with van der Waals surface area (Å²) in [7, 11) is 0. The Morgan fingerprint density at radius 3 is 1.50 bits per heavy atom. The number of anilines is 1. The predicted octanol–water partition coefficient (Wildman–Crippen LogP) is 14.4. The van der Waals surface area contributed by atoms with Gasteiger partial charge in [-0.15, -0.1) is 0 Å². The number of aromatic carboxylic acids is 1. The highest BCUT2D eigenvalue weighted by Gasteiger charge is 2.37. The Balaban J connectivity index is 0.000000869. The molecule has 2 aliphatic heterocycles. The van der Waals surface area contributed by atoms with Crippen LogP contribution in [0, 0.1) is 0 Å². The molecule has 12 nitrogen and oxygen atoms in total. The van der Waals surface area contributed by atoms with E-state index in [1.807, 2.05) is 101 Å². The second-order valence-electron chi connectivity index (χ2n) is 11.7. The number of phenolic OH excluding ortho intramolecular Hbond substituents is 2. The van der Waals surface area contributed by atoms with E-state index in [0.29, 0.717) is 50.5 Å². The molecule has 2 aliphatic rings. The molecule has 0 fully saturated rings. The Kier molecular flexibility index (Phi) is 25.8. The Morgan fingerprint density at radius 1 is 0.530 bits per heavy atom. The van der Waals surface area contributed by atoms with Gasteiger partial charge in [-0.25, -0.2) is 24.5 Å². The van der Waals surface area contributed by atoms with E-state index in [1.165, 1.54) is 24.3 Å². The number of fused-ring (bicyclic) bond motifs is 3. The number of ether oxygens (including phenoxy) is 1. The summed E-state index contributed by atoms with van der Waals surface area (Å²) in [6, 6.07) is 40.6. The van der Waals surface area contributed by atoms with E-state index in [9.17, 15) is 29.4 Å². The average Bonchev–Trinajstić information content (AvgIpc) is 4.04. The first-order valence-corrected chi connectivity index (χ1v) is 22.3. The highest BCUT2D eigenvalue weighted by Crippen LogP contribution is 2.34. The molecule has 3 N–H and O–H groups in total. The molecule has 6 aromatic carbocycles. The predicted molar refractivity (Wildman–Crippen MR) is 268 cm³/mol. The minimum Gasteiger partial charge on any atom is -0.506 e. The van der Waals surface area contributed by atoms with Crippen molar-refractivity contribution in [2.75, 3.05) is 4.90 Å². The number of benzene rings is 6. The van der Waals surface area contributed by atoms with Gasteiger partial charge in [0.2, 0.25) is 11.8 Å². The number of hydrogen-bond donors (Lipinski definition) is 3. The standard InChI is InChI=1S/3C14H9NO3.6C2H6.H2/c16-14(17)10-6-2-1-5-9(10)13-15-11-7-3-4-8-12(11)18-13;16-12-8-4-3-7-11(12)15-13-9-5-1-2-6-10(9)14(17)18-13;16-12-8-4-3-7-11(12)15-13(17)9-5-1-2-6-10(9)14(15)18;6*1-2;/h1-8H,(H,16,17);2*1-8,16H;6*1-2H3;1H/i;;;;;;;;;1+1. The number of carboxylic acid groups (broad SMARTS) is 1. The van der Waals surface area contributed by atoms with Gasteiger partial charge in [0.25, 0.3) is 11.8 Å². The van der Waals surface area contributed by atoms with E-state index < -0.39 is 23.8 Å². The maximum Gasteiger partial charge on any atom is 0.345 e. The summed E-state index contributed by atoms with van der Waals surface area (Å²) < 4.78 is 10.7. The number of nitrogens with zero attached hydrogens (tertiary/aromatic N) is 3. The second kappa shape index (κ2) is 30.3. The van der Waals surface area contributed by atoms with E-state index in [-0.39, 0.29) is 30.1 Å². The molecule has 0 bridgehead atoms. The Labute approximate surface area is 390 Å². The van der Waals surface area contributed by atoms with Crippen molar-refractivity contribution in [3.8, 4) is 23.0 Å². The number of rotatable bonds is 4. The van der Waals surface area contributed by atoms with E-state index >= 15 is 0 Å². The molecule has 0 saturated carbocycles. The summed E-state index contributed by atoms with van der Waals surface area (Å²) in [6.07, 6.45) is 0. The Bertz CT molecular complexity index is 2570. The monoisotopic (exact) mass is 900 g/mol. The molecule has 0 radical (unpaired) electrons. The van der Waals surface area contributed by atoms with Crippen LogP contribution >= 0.6 is 0 Å².